The van der Waals surface area contributed by atoms with Crippen molar-refractivity contribution in [3.05, 3.63) is 90.0 Å². The fourth-order valence-electron chi connectivity index (χ4n) is 3.77. The highest BCUT2D eigenvalue weighted by Crippen LogP contribution is 2.28. The number of nitrogens with zero attached hydrogens (tertiary/aromatic N) is 1. The van der Waals surface area contributed by atoms with Crippen LogP contribution in [0.2, 0.25) is 0 Å². The second-order valence-electron chi connectivity index (χ2n) is 7.98. The summed E-state index contributed by atoms with van der Waals surface area (Å²) in [6, 6.07) is 22.7. The molecule has 0 saturated carbocycles. The number of rotatable bonds is 6. The number of ether oxygens (including phenoxy) is 1. The molecule has 1 heterocycles. The Kier molecular flexibility index (Phi) is 5.67. The van der Waals surface area contributed by atoms with E-state index < -0.39 is 23.8 Å². The van der Waals surface area contributed by atoms with Gasteiger partial charge in [-0.2, -0.15) is 0 Å². The fourth-order valence-corrected chi connectivity index (χ4v) is 3.77. The lowest BCUT2D eigenvalue weighted by Crippen LogP contribution is -2.47. The number of hydrogen-bond acceptors (Lipinski definition) is 4. The Morgan fingerprint density at radius 2 is 1.29 bits per heavy atom. The Bertz CT molecular complexity index is 1080. The van der Waals surface area contributed by atoms with E-state index in [9.17, 15) is 14.4 Å². The third-order valence-corrected chi connectivity index (χ3v) is 5.28. The van der Waals surface area contributed by atoms with E-state index in [0.717, 1.165) is 16.0 Å². The summed E-state index contributed by atoms with van der Waals surface area (Å²) in [5.74, 6) is -1.07. The monoisotopic (exact) mass is 413 g/mol. The van der Waals surface area contributed by atoms with Gasteiger partial charge in [0, 0.05) is 0 Å². The number of imide groups is 1. The molecule has 4 rings (SSSR count). The van der Waals surface area contributed by atoms with Crippen molar-refractivity contribution in [2.45, 2.75) is 26.3 Å². The van der Waals surface area contributed by atoms with E-state index in [1.165, 1.54) is 0 Å². The summed E-state index contributed by atoms with van der Waals surface area (Å²) < 4.78 is 5.59. The molecule has 0 saturated heterocycles. The van der Waals surface area contributed by atoms with Gasteiger partial charge in [0.15, 0.2) is 0 Å². The molecule has 0 aromatic heterocycles. The molecule has 0 radical (unpaired) electrons. The Labute approximate surface area is 181 Å². The molecule has 5 heteroatoms. The van der Waals surface area contributed by atoms with Gasteiger partial charge in [-0.25, -0.2) is 4.79 Å². The Hall–Kier alpha value is -3.73. The first-order valence-electron chi connectivity index (χ1n) is 10.3. The maximum atomic E-state index is 13.1. The molecular weight excluding hydrogens is 390 g/mol. The van der Waals surface area contributed by atoms with Gasteiger partial charge in [0.25, 0.3) is 11.8 Å². The molecule has 0 aliphatic carbocycles. The average molecular weight is 413 g/mol. The second-order valence-corrected chi connectivity index (χ2v) is 7.98. The highest BCUT2D eigenvalue weighted by Gasteiger charge is 2.43. The van der Waals surface area contributed by atoms with Crippen LogP contribution in [0.5, 0.6) is 5.75 Å². The van der Waals surface area contributed by atoms with Crippen LogP contribution in [0, 0.1) is 5.92 Å². The summed E-state index contributed by atoms with van der Waals surface area (Å²) in [6.07, 6.45) is 0.326. The van der Waals surface area contributed by atoms with E-state index >= 15 is 0 Å². The largest absolute Gasteiger partial charge is 0.425 e. The van der Waals surface area contributed by atoms with Crippen LogP contribution in [0.15, 0.2) is 78.9 Å². The quantitative estimate of drug-likeness (QED) is 0.325. The van der Waals surface area contributed by atoms with Crippen LogP contribution in [0.3, 0.4) is 0 Å². The molecule has 1 aliphatic heterocycles. The van der Waals surface area contributed by atoms with E-state index in [4.69, 9.17) is 4.74 Å². The van der Waals surface area contributed by atoms with Gasteiger partial charge in [-0.3, -0.25) is 14.5 Å². The SMILES string of the molecule is CC(C)CC(C(=O)Oc1ccc(-c2ccccc2)cc1)N1C(=O)c2ccccc2C1=O. The first kappa shape index (κ1) is 20.5. The molecule has 0 bridgehead atoms. The van der Waals surface area contributed by atoms with Gasteiger partial charge in [-0.15, -0.1) is 0 Å². The number of carbonyl (C=O) groups is 3. The summed E-state index contributed by atoms with van der Waals surface area (Å²) in [5.41, 5.74) is 2.70. The molecule has 31 heavy (non-hydrogen) atoms. The van der Waals surface area contributed by atoms with Crippen LogP contribution in [0.25, 0.3) is 11.1 Å². The zero-order chi connectivity index (χ0) is 22.0. The van der Waals surface area contributed by atoms with Crippen LogP contribution in [0.1, 0.15) is 41.0 Å². The highest BCUT2D eigenvalue weighted by molar-refractivity contribution is 6.22. The Morgan fingerprint density at radius 1 is 0.774 bits per heavy atom. The van der Waals surface area contributed by atoms with Crippen LogP contribution in [-0.2, 0) is 4.79 Å². The van der Waals surface area contributed by atoms with Crippen molar-refractivity contribution < 1.29 is 19.1 Å². The van der Waals surface area contributed by atoms with Crippen molar-refractivity contribution >= 4 is 17.8 Å². The van der Waals surface area contributed by atoms with Gasteiger partial charge in [0.05, 0.1) is 11.1 Å². The predicted molar refractivity (Wildman–Crippen MR) is 118 cm³/mol. The summed E-state index contributed by atoms with van der Waals surface area (Å²) >= 11 is 0. The van der Waals surface area contributed by atoms with Crippen molar-refractivity contribution in [2.75, 3.05) is 0 Å². The number of carbonyl (C=O) groups excluding carboxylic acids is 3. The molecule has 5 nitrogen and oxygen atoms in total. The van der Waals surface area contributed by atoms with E-state index in [1.807, 2.05) is 56.3 Å². The van der Waals surface area contributed by atoms with Crippen LogP contribution < -0.4 is 4.74 Å². The lowest BCUT2D eigenvalue weighted by molar-refractivity contribution is -0.139. The lowest BCUT2D eigenvalue weighted by atomic mass is 10.0. The standard InChI is InChI=1S/C26H23NO4/c1-17(2)16-23(27-24(28)21-10-6-7-11-22(21)25(27)29)26(30)31-20-14-12-19(13-15-20)18-8-4-3-5-9-18/h3-15,17,23H,16H2,1-2H3. The van der Waals surface area contributed by atoms with Crippen molar-refractivity contribution in [3.8, 4) is 16.9 Å². The minimum atomic E-state index is -0.985. The first-order valence-corrected chi connectivity index (χ1v) is 10.3. The van der Waals surface area contributed by atoms with Crippen molar-refractivity contribution in [3.63, 3.8) is 0 Å². The summed E-state index contributed by atoms with van der Waals surface area (Å²) in [7, 11) is 0. The number of fused-ring (bicyclic) bond motifs is 1. The van der Waals surface area contributed by atoms with Crippen LogP contribution in [0.4, 0.5) is 0 Å². The summed E-state index contributed by atoms with van der Waals surface area (Å²) in [4.78, 5) is 39.9. The van der Waals surface area contributed by atoms with Crippen molar-refractivity contribution in [1.29, 1.82) is 0 Å². The van der Waals surface area contributed by atoms with Crippen molar-refractivity contribution in [1.82, 2.24) is 4.90 Å². The molecule has 0 N–H and O–H groups in total. The Morgan fingerprint density at radius 3 is 1.84 bits per heavy atom. The molecule has 0 spiro atoms. The van der Waals surface area contributed by atoms with Gasteiger partial charge in [0.2, 0.25) is 0 Å². The van der Waals surface area contributed by atoms with Gasteiger partial charge in [-0.1, -0.05) is 68.4 Å². The third kappa shape index (κ3) is 4.12. The molecule has 2 amide bonds. The molecule has 1 aliphatic rings. The van der Waals surface area contributed by atoms with Crippen LogP contribution >= 0.6 is 0 Å². The van der Waals surface area contributed by atoms with Crippen molar-refractivity contribution in [2.24, 2.45) is 5.92 Å². The summed E-state index contributed by atoms with van der Waals surface area (Å²) in [6.45, 7) is 3.88. The highest BCUT2D eigenvalue weighted by atomic mass is 16.5. The molecular formula is C26H23NO4. The molecule has 0 fully saturated rings. The zero-order valence-electron chi connectivity index (χ0n) is 17.4. The van der Waals surface area contributed by atoms with Gasteiger partial charge >= 0.3 is 5.97 Å². The maximum Gasteiger partial charge on any atom is 0.334 e. The summed E-state index contributed by atoms with van der Waals surface area (Å²) in [5, 5.41) is 0. The topological polar surface area (TPSA) is 63.7 Å². The second kappa shape index (κ2) is 8.56. The molecule has 1 unspecified atom stereocenters. The number of hydrogen-bond donors (Lipinski definition) is 0. The van der Waals surface area contributed by atoms with E-state index in [0.29, 0.717) is 23.3 Å². The van der Waals surface area contributed by atoms with E-state index in [1.54, 1.807) is 36.4 Å². The lowest BCUT2D eigenvalue weighted by Gasteiger charge is -2.25. The minimum absolute atomic E-state index is 0.0855. The number of amides is 2. The molecule has 3 aromatic rings. The fraction of sp³-hybridized carbons (Fsp3) is 0.192. The van der Waals surface area contributed by atoms with Gasteiger partial charge in [-0.05, 0) is 47.7 Å². The minimum Gasteiger partial charge on any atom is -0.425 e. The molecule has 3 aromatic carbocycles. The van der Waals surface area contributed by atoms with E-state index in [2.05, 4.69) is 0 Å². The van der Waals surface area contributed by atoms with Gasteiger partial charge in [0.1, 0.15) is 11.8 Å². The average Bonchev–Trinajstić information content (AvgIpc) is 3.03. The predicted octanol–water partition coefficient (Wildman–Crippen LogP) is 4.97. The number of esters is 1. The smallest absolute Gasteiger partial charge is 0.334 e. The van der Waals surface area contributed by atoms with Crippen LogP contribution in [-0.4, -0.2) is 28.7 Å². The van der Waals surface area contributed by atoms with Gasteiger partial charge < -0.3 is 4.74 Å². The first-order chi connectivity index (χ1) is 15.0. The number of benzene rings is 3. The normalized spacial score (nSPS) is 14.0. The van der Waals surface area contributed by atoms with E-state index in [-0.39, 0.29) is 5.92 Å². The maximum absolute atomic E-state index is 13.1. The third-order valence-electron chi connectivity index (χ3n) is 5.28. The Balaban J connectivity index is 1.56. The molecule has 1 atom stereocenters. The molecule has 156 valence electrons. The zero-order valence-corrected chi connectivity index (χ0v) is 17.4.